The molecule has 2 aromatic heterocycles. The molecule has 0 radical (unpaired) electrons. The van der Waals surface area contributed by atoms with Gasteiger partial charge in [-0.3, -0.25) is 9.20 Å². The Bertz CT molecular complexity index is 1030. The van der Waals surface area contributed by atoms with Crippen molar-refractivity contribution in [1.82, 2.24) is 19.9 Å². The van der Waals surface area contributed by atoms with Crippen LogP contribution in [0.2, 0.25) is 5.02 Å². The molecule has 0 aliphatic rings. The molecular formula is C20H20ClF3N4OS. The van der Waals surface area contributed by atoms with Crippen molar-refractivity contribution in [3.63, 3.8) is 0 Å². The van der Waals surface area contributed by atoms with Crippen LogP contribution in [0.3, 0.4) is 0 Å². The van der Waals surface area contributed by atoms with Crippen LogP contribution in [-0.4, -0.2) is 25.8 Å². The number of carbonyl (C=O) groups excluding carboxylic acids is 1. The summed E-state index contributed by atoms with van der Waals surface area (Å²) in [7, 11) is 0. The SMILES string of the molecule is CCCC(NC(=O)C(C)Sc1nnc2c(Cl)cc(C(F)(F)F)cn12)c1ccccc1. The first-order valence-corrected chi connectivity index (χ1v) is 10.6. The summed E-state index contributed by atoms with van der Waals surface area (Å²) < 4.78 is 40.5. The van der Waals surface area contributed by atoms with E-state index in [1.54, 1.807) is 6.92 Å². The Morgan fingerprint density at radius 1 is 1.27 bits per heavy atom. The lowest BCUT2D eigenvalue weighted by Gasteiger charge is -2.20. The number of nitrogens with one attached hydrogen (secondary N) is 1. The van der Waals surface area contributed by atoms with Gasteiger partial charge in [-0.2, -0.15) is 13.2 Å². The van der Waals surface area contributed by atoms with E-state index in [-0.39, 0.29) is 27.8 Å². The molecule has 10 heteroatoms. The van der Waals surface area contributed by atoms with E-state index in [0.717, 1.165) is 42.4 Å². The highest BCUT2D eigenvalue weighted by Gasteiger charge is 2.32. The third-order valence-corrected chi connectivity index (χ3v) is 5.84. The molecule has 0 spiro atoms. The first-order valence-electron chi connectivity index (χ1n) is 9.34. The van der Waals surface area contributed by atoms with Crippen LogP contribution in [0.15, 0.2) is 47.8 Å². The predicted octanol–water partition coefficient (Wildman–Crippen LogP) is 5.54. The fourth-order valence-corrected chi connectivity index (χ4v) is 4.04. The van der Waals surface area contributed by atoms with Crippen molar-refractivity contribution in [2.75, 3.05) is 0 Å². The molecule has 1 amide bonds. The van der Waals surface area contributed by atoms with Crippen LogP contribution in [-0.2, 0) is 11.0 Å². The number of fused-ring (bicyclic) bond motifs is 1. The highest BCUT2D eigenvalue weighted by molar-refractivity contribution is 8.00. The minimum atomic E-state index is -4.56. The van der Waals surface area contributed by atoms with Crippen molar-refractivity contribution in [1.29, 1.82) is 0 Å². The number of rotatable bonds is 7. The number of benzene rings is 1. The molecule has 0 saturated carbocycles. The van der Waals surface area contributed by atoms with Gasteiger partial charge in [0.1, 0.15) is 0 Å². The van der Waals surface area contributed by atoms with Gasteiger partial charge in [0, 0.05) is 6.20 Å². The third-order valence-electron chi connectivity index (χ3n) is 4.50. The standard InChI is InChI=1S/C20H20ClF3N4OS/c1-3-7-16(13-8-5-4-6-9-13)25-18(29)12(2)30-19-27-26-17-15(21)10-14(11-28(17)19)20(22,23)24/h4-6,8-12,16H,3,7H2,1-2H3,(H,25,29). The van der Waals surface area contributed by atoms with E-state index in [1.165, 1.54) is 4.40 Å². The van der Waals surface area contributed by atoms with Crippen LogP contribution < -0.4 is 5.32 Å². The van der Waals surface area contributed by atoms with Gasteiger partial charge >= 0.3 is 6.18 Å². The maximum Gasteiger partial charge on any atom is 0.417 e. The fraction of sp³-hybridized carbons (Fsp3) is 0.350. The smallest absolute Gasteiger partial charge is 0.348 e. The molecule has 5 nitrogen and oxygen atoms in total. The summed E-state index contributed by atoms with van der Waals surface area (Å²) in [5.41, 5.74) is 0.193. The lowest BCUT2D eigenvalue weighted by Crippen LogP contribution is -2.34. The van der Waals surface area contributed by atoms with E-state index in [2.05, 4.69) is 15.5 Å². The highest BCUT2D eigenvalue weighted by Crippen LogP contribution is 2.34. The first-order chi connectivity index (χ1) is 14.2. The summed E-state index contributed by atoms with van der Waals surface area (Å²) in [6.45, 7) is 3.70. The molecule has 0 bridgehead atoms. The van der Waals surface area contributed by atoms with E-state index in [4.69, 9.17) is 11.6 Å². The average molecular weight is 457 g/mol. The number of aromatic nitrogens is 3. The molecule has 2 unspecified atom stereocenters. The van der Waals surface area contributed by atoms with Crippen molar-refractivity contribution < 1.29 is 18.0 Å². The first kappa shape index (κ1) is 22.4. The van der Waals surface area contributed by atoms with Gasteiger partial charge in [0.2, 0.25) is 5.91 Å². The summed E-state index contributed by atoms with van der Waals surface area (Å²) in [6, 6.07) is 10.3. The average Bonchev–Trinajstić information content (AvgIpc) is 3.11. The number of thioether (sulfide) groups is 1. The van der Waals surface area contributed by atoms with Gasteiger partial charge in [0.05, 0.1) is 21.9 Å². The van der Waals surface area contributed by atoms with Crippen LogP contribution in [0.5, 0.6) is 0 Å². The van der Waals surface area contributed by atoms with Crippen LogP contribution in [0.25, 0.3) is 5.65 Å². The lowest BCUT2D eigenvalue weighted by molar-refractivity contribution is -0.137. The quantitative estimate of drug-likeness (QED) is 0.474. The number of hydrogen-bond acceptors (Lipinski definition) is 4. The zero-order chi connectivity index (χ0) is 21.9. The molecule has 0 fully saturated rings. The Kier molecular flexibility index (Phi) is 6.92. The molecule has 160 valence electrons. The van der Waals surface area contributed by atoms with Gasteiger partial charge in [-0.25, -0.2) is 0 Å². The van der Waals surface area contributed by atoms with Crippen molar-refractivity contribution in [3.8, 4) is 0 Å². The van der Waals surface area contributed by atoms with Gasteiger partial charge in [0.15, 0.2) is 10.8 Å². The molecule has 2 atom stereocenters. The van der Waals surface area contributed by atoms with E-state index < -0.39 is 17.0 Å². The summed E-state index contributed by atoms with van der Waals surface area (Å²) in [6.07, 6.45) is -2.02. The minimum absolute atomic E-state index is 0.105. The number of halogens is 4. The molecule has 3 aromatic rings. The lowest BCUT2D eigenvalue weighted by atomic mass is 10.0. The molecule has 3 rings (SSSR count). The van der Waals surface area contributed by atoms with Crippen molar-refractivity contribution >= 4 is 34.9 Å². The van der Waals surface area contributed by atoms with E-state index in [9.17, 15) is 18.0 Å². The third kappa shape index (κ3) is 5.07. The summed E-state index contributed by atoms with van der Waals surface area (Å²) in [5.74, 6) is -0.239. The second-order valence-electron chi connectivity index (χ2n) is 6.77. The van der Waals surface area contributed by atoms with Gasteiger partial charge < -0.3 is 5.32 Å². The Balaban J connectivity index is 1.79. The maximum atomic E-state index is 13.1. The number of hydrogen-bond donors (Lipinski definition) is 1. The number of carbonyl (C=O) groups is 1. The van der Waals surface area contributed by atoms with E-state index in [0.29, 0.717) is 0 Å². The molecule has 0 saturated heterocycles. The van der Waals surface area contributed by atoms with E-state index in [1.807, 2.05) is 37.3 Å². The van der Waals surface area contributed by atoms with Crippen LogP contribution in [0, 0.1) is 0 Å². The van der Waals surface area contributed by atoms with Crippen molar-refractivity contribution in [2.24, 2.45) is 0 Å². The number of nitrogens with zero attached hydrogens (tertiary/aromatic N) is 3. The Labute approximate surface area is 181 Å². The molecule has 1 aromatic carbocycles. The molecular weight excluding hydrogens is 437 g/mol. The fourth-order valence-electron chi connectivity index (χ4n) is 2.97. The minimum Gasteiger partial charge on any atom is -0.348 e. The van der Waals surface area contributed by atoms with Gasteiger partial charge in [-0.1, -0.05) is 67.0 Å². The van der Waals surface area contributed by atoms with Crippen molar-refractivity contribution in [2.45, 2.75) is 49.3 Å². The Morgan fingerprint density at radius 2 is 1.97 bits per heavy atom. The zero-order valence-corrected chi connectivity index (χ0v) is 17.9. The molecule has 0 aliphatic carbocycles. The Hall–Kier alpha value is -2.26. The Morgan fingerprint density at radius 3 is 2.60 bits per heavy atom. The monoisotopic (exact) mass is 456 g/mol. The van der Waals surface area contributed by atoms with Crippen LogP contribution in [0.1, 0.15) is 43.9 Å². The second-order valence-corrected chi connectivity index (χ2v) is 8.49. The van der Waals surface area contributed by atoms with Gasteiger partial charge in [-0.15, -0.1) is 10.2 Å². The highest BCUT2D eigenvalue weighted by atomic mass is 35.5. The number of amides is 1. The summed E-state index contributed by atoms with van der Waals surface area (Å²) >= 11 is 6.96. The molecule has 30 heavy (non-hydrogen) atoms. The van der Waals surface area contributed by atoms with E-state index >= 15 is 0 Å². The normalized spacial score (nSPS) is 13.9. The molecule has 2 heterocycles. The van der Waals surface area contributed by atoms with Crippen LogP contribution >= 0.6 is 23.4 Å². The maximum absolute atomic E-state index is 13.1. The summed E-state index contributed by atoms with van der Waals surface area (Å²) in [5, 5.41) is 10.2. The van der Waals surface area contributed by atoms with Crippen LogP contribution in [0.4, 0.5) is 13.2 Å². The van der Waals surface area contributed by atoms with Gasteiger partial charge in [0.25, 0.3) is 0 Å². The predicted molar refractivity (Wildman–Crippen MR) is 111 cm³/mol. The molecule has 0 aliphatic heterocycles. The number of alkyl halides is 3. The number of pyridine rings is 1. The summed E-state index contributed by atoms with van der Waals surface area (Å²) in [4.78, 5) is 12.8. The largest absolute Gasteiger partial charge is 0.417 e. The van der Waals surface area contributed by atoms with Gasteiger partial charge in [-0.05, 0) is 25.0 Å². The zero-order valence-electron chi connectivity index (χ0n) is 16.3. The molecule has 1 N–H and O–H groups in total. The second kappa shape index (κ2) is 9.26. The van der Waals surface area contributed by atoms with Crippen molar-refractivity contribution in [3.05, 3.63) is 58.7 Å². The topological polar surface area (TPSA) is 59.3 Å².